The number of hydrogen-bond acceptors (Lipinski definition) is 5. The molecule has 0 aliphatic carbocycles. The molecule has 0 atom stereocenters. The maximum Gasteiger partial charge on any atom is 0.310 e. The molecule has 0 spiro atoms. The van der Waals surface area contributed by atoms with E-state index in [1.807, 2.05) is 43.0 Å². The summed E-state index contributed by atoms with van der Waals surface area (Å²) in [5.74, 6) is 1.50. The number of nitrogen functional groups attached to an aromatic ring is 1. The summed E-state index contributed by atoms with van der Waals surface area (Å²) in [6.07, 6.45) is 0.986. The first-order valence-electron chi connectivity index (χ1n) is 9.54. The molecule has 4 nitrogen and oxygen atoms in total. The van der Waals surface area contributed by atoms with E-state index in [4.69, 9.17) is 15.2 Å². The predicted molar refractivity (Wildman–Crippen MR) is 118 cm³/mol. The Morgan fingerprint density at radius 3 is 2.46 bits per heavy atom. The first-order chi connectivity index (χ1) is 13.2. The summed E-state index contributed by atoms with van der Waals surface area (Å²) in [6, 6.07) is 12.0. The monoisotopic (exact) mass is 401 g/mol. The lowest BCUT2D eigenvalue weighted by atomic mass is 9.97. The van der Waals surface area contributed by atoms with Crippen LogP contribution in [0.2, 0.25) is 0 Å². The Hall–Kier alpha value is -2.14. The Labute approximate surface area is 172 Å². The molecular weight excluding hydrogens is 370 g/mol. The van der Waals surface area contributed by atoms with Crippen molar-refractivity contribution in [2.75, 3.05) is 19.5 Å². The highest BCUT2D eigenvalue weighted by atomic mass is 32.2. The number of carbonyl (C=O) groups excluding carboxylic acids is 1. The Bertz CT molecular complexity index is 812. The molecule has 5 heteroatoms. The second-order valence-corrected chi connectivity index (χ2v) is 9.54. The van der Waals surface area contributed by atoms with Crippen molar-refractivity contribution in [1.29, 1.82) is 0 Å². The van der Waals surface area contributed by atoms with Gasteiger partial charge in [-0.15, -0.1) is 0 Å². The van der Waals surface area contributed by atoms with Gasteiger partial charge in [0, 0.05) is 22.6 Å². The van der Waals surface area contributed by atoms with Crippen molar-refractivity contribution in [3.05, 3.63) is 58.7 Å². The zero-order valence-corrected chi connectivity index (χ0v) is 18.3. The second-order valence-electron chi connectivity index (χ2n) is 7.73. The van der Waals surface area contributed by atoms with E-state index in [-0.39, 0.29) is 17.1 Å². The average Bonchev–Trinajstić information content (AvgIpc) is 2.61. The van der Waals surface area contributed by atoms with Gasteiger partial charge in [-0.05, 0) is 47.4 Å². The average molecular weight is 402 g/mol. The van der Waals surface area contributed by atoms with Gasteiger partial charge in [0.15, 0.2) is 0 Å². The molecule has 0 saturated carbocycles. The summed E-state index contributed by atoms with van der Waals surface area (Å²) in [5, 5.41) is 0. The minimum Gasteiger partial charge on any atom is -0.496 e. The van der Waals surface area contributed by atoms with E-state index in [1.165, 1.54) is 11.1 Å². The molecule has 2 aromatic carbocycles. The van der Waals surface area contributed by atoms with E-state index in [0.29, 0.717) is 6.61 Å². The molecule has 0 bridgehead atoms. The van der Waals surface area contributed by atoms with Crippen LogP contribution in [0.25, 0.3) is 0 Å². The zero-order chi connectivity index (χ0) is 20.7. The summed E-state index contributed by atoms with van der Waals surface area (Å²) < 4.78 is 10.8. The molecule has 0 heterocycles. The third-order valence-electron chi connectivity index (χ3n) is 4.27. The Morgan fingerprint density at radius 1 is 1.07 bits per heavy atom. The molecule has 0 fully saturated rings. The fourth-order valence-electron chi connectivity index (χ4n) is 2.91. The fourth-order valence-corrected chi connectivity index (χ4v) is 3.77. The number of ether oxygens (including phenoxy) is 2. The Balaban J connectivity index is 2.29. The van der Waals surface area contributed by atoms with Gasteiger partial charge in [0.2, 0.25) is 0 Å². The van der Waals surface area contributed by atoms with Crippen LogP contribution in [-0.2, 0) is 28.1 Å². The number of rotatable bonds is 8. The van der Waals surface area contributed by atoms with Crippen LogP contribution >= 0.6 is 11.8 Å². The number of anilines is 1. The van der Waals surface area contributed by atoms with Gasteiger partial charge < -0.3 is 15.2 Å². The maximum absolute atomic E-state index is 11.8. The molecule has 0 aliphatic rings. The van der Waals surface area contributed by atoms with Crippen LogP contribution in [0.5, 0.6) is 5.75 Å². The van der Waals surface area contributed by atoms with E-state index in [9.17, 15) is 4.79 Å². The van der Waals surface area contributed by atoms with Crippen molar-refractivity contribution in [3.63, 3.8) is 0 Å². The van der Waals surface area contributed by atoms with E-state index >= 15 is 0 Å². The van der Waals surface area contributed by atoms with Crippen molar-refractivity contribution in [3.8, 4) is 5.75 Å². The lowest BCUT2D eigenvalue weighted by Crippen LogP contribution is -2.09. The Morgan fingerprint density at radius 2 is 1.82 bits per heavy atom. The SMILES string of the molecule is CCOC(=O)Cc1ccc(OC)c(Cc2ccc(N)cc2CSC(C)(C)C)c1. The molecule has 0 unspecified atom stereocenters. The minimum atomic E-state index is -0.214. The van der Waals surface area contributed by atoms with E-state index in [0.717, 1.165) is 34.7 Å². The van der Waals surface area contributed by atoms with Gasteiger partial charge in [-0.1, -0.05) is 39.0 Å². The van der Waals surface area contributed by atoms with Crippen LogP contribution in [0.15, 0.2) is 36.4 Å². The summed E-state index contributed by atoms with van der Waals surface area (Å²) >= 11 is 1.90. The number of hydrogen-bond donors (Lipinski definition) is 1. The third-order valence-corrected chi connectivity index (χ3v) is 5.59. The van der Waals surface area contributed by atoms with Gasteiger partial charge in [-0.3, -0.25) is 4.79 Å². The number of thioether (sulfide) groups is 1. The third kappa shape index (κ3) is 6.79. The van der Waals surface area contributed by atoms with Crippen molar-refractivity contribution in [2.24, 2.45) is 0 Å². The molecule has 2 rings (SSSR count). The summed E-state index contributed by atoms with van der Waals surface area (Å²) in [5.41, 5.74) is 11.2. The van der Waals surface area contributed by atoms with E-state index in [1.54, 1.807) is 7.11 Å². The van der Waals surface area contributed by atoms with Gasteiger partial charge in [-0.2, -0.15) is 11.8 Å². The highest BCUT2D eigenvalue weighted by Gasteiger charge is 2.15. The van der Waals surface area contributed by atoms with Crippen molar-refractivity contribution in [2.45, 2.75) is 51.0 Å². The lowest BCUT2D eigenvalue weighted by molar-refractivity contribution is -0.142. The minimum absolute atomic E-state index is 0.180. The van der Waals surface area contributed by atoms with Crippen molar-refractivity contribution in [1.82, 2.24) is 0 Å². The predicted octanol–water partition coefficient (Wildman–Crippen LogP) is 5.01. The summed E-state index contributed by atoms with van der Waals surface area (Å²) in [6.45, 7) is 8.85. The fraction of sp³-hybridized carbons (Fsp3) is 0.435. The standard InChI is InChI=1S/C23H31NO3S/c1-6-27-22(25)12-16-7-10-21(26-5)18(11-16)13-17-8-9-20(24)14-19(17)15-28-23(2,3)4/h7-11,14H,6,12-13,15,24H2,1-5H3. The summed E-state index contributed by atoms with van der Waals surface area (Å²) in [7, 11) is 1.67. The molecule has 28 heavy (non-hydrogen) atoms. The van der Waals surface area contributed by atoms with Gasteiger partial charge in [-0.25, -0.2) is 0 Å². The van der Waals surface area contributed by atoms with Crippen LogP contribution in [0.3, 0.4) is 0 Å². The molecule has 0 amide bonds. The van der Waals surface area contributed by atoms with E-state index in [2.05, 4.69) is 32.9 Å². The number of nitrogens with two attached hydrogens (primary N) is 1. The van der Waals surface area contributed by atoms with Crippen LogP contribution in [0, 0.1) is 0 Å². The molecule has 2 aromatic rings. The number of benzene rings is 2. The van der Waals surface area contributed by atoms with Crippen LogP contribution in [-0.4, -0.2) is 24.4 Å². The molecule has 152 valence electrons. The molecule has 0 aliphatic heterocycles. The number of carbonyl (C=O) groups is 1. The van der Waals surface area contributed by atoms with Gasteiger partial charge in [0.1, 0.15) is 5.75 Å². The molecule has 2 N–H and O–H groups in total. The first kappa shape index (κ1) is 22.2. The highest BCUT2D eigenvalue weighted by molar-refractivity contribution is 7.99. The van der Waals surface area contributed by atoms with Crippen LogP contribution in [0.4, 0.5) is 5.69 Å². The van der Waals surface area contributed by atoms with Crippen molar-refractivity contribution >= 4 is 23.4 Å². The highest BCUT2D eigenvalue weighted by Crippen LogP contribution is 2.31. The zero-order valence-electron chi connectivity index (χ0n) is 17.5. The largest absolute Gasteiger partial charge is 0.496 e. The quantitative estimate of drug-likeness (QED) is 0.498. The van der Waals surface area contributed by atoms with E-state index < -0.39 is 0 Å². The number of methoxy groups -OCH3 is 1. The van der Waals surface area contributed by atoms with Crippen LogP contribution in [0.1, 0.15) is 49.9 Å². The van der Waals surface area contributed by atoms with Crippen LogP contribution < -0.4 is 10.5 Å². The first-order valence-corrected chi connectivity index (χ1v) is 10.5. The normalized spacial score (nSPS) is 11.3. The topological polar surface area (TPSA) is 61.5 Å². The smallest absolute Gasteiger partial charge is 0.310 e. The van der Waals surface area contributed by atoms with Crippen molar-refractivity contribution < 1.29 is 14.3 Å². The molecule has 0 radical (unpaired) electrons. The lowest BCUT2D eigenvalue weighted by Gasteiger charge is -2.20. The molecule has 0 saturated heterocycles. The number of esters is 1. The maximum atomic E-state index is 11.8. The Kier molecular flexibility index (Phi) is 7.81. The molecule has 0 aromatic heterocycles. The van der Waals surface area contributed by atoms with Gasteiger partial charge in [0.05, 0.1) is 20.1 Å². The van der Waals surface area contributed by atoms with Gasteiger partial charge >= 0.3 is 5.97 Å². The molecular formula is C23H31NO3S. The second kappa shape index (κ2) is 9.87. The summed E-state index contributed by atoms with van der Waals surface area (Å²) in [4.78, 5) is 11.8. The van der Waals surface area contributed by atoms with Gasteiger partial charge in [0.25, 0.3) is 0 Å².